The standard InChI is InChI=1S/C33H39N7O3/c1-4-10-24-13-9-17-39(18-16-34-32(42)36-28(24)5-2)33(43)37-30-19-25-14-15-29-26(20-35-38-29)27(25)21-40(31(30)41)22(3)23-11-7-6-8-12-23/h4-8,10-12,14-15,20,22,30H,2,9,13,16-19,21H2,1,3H3,(H,35,38)(H,37,43)(H2,34,36,42)/b10-4-,28-24-/t22-,30+/m0/s1. The molecular formula is C33H39N7O3. The van der Waals surface area contributed by atoms with Crippen molar-refractivity contribution in [2.24, 2.45) is 0 Å². The van der Waals surface area contributed by atoms with E-state index in [1.54, 1.807) is 17.2 Å². The van der Waals surface area contributed by atoms with E-state index in [2.05, 4.69) is 32.7 Å². The summed E-state index contributed by atoms with van der Waals surface area (Å²) in [5, 5.41) is 17.0. The second-order valence-corrected chi connectivity index (χ2v) is 10.9. The number of allylic oxidation sites excluding steroid dienone is 4. The third-order valence-electron chi connectivity index (χ3n) is 8.21. The fourth-order valence-corrected chi connectivity index (χ4v) is 5.86. The molecule has 0 bridgehead atoms. The Balaban J connectivity index is 1.41. The Labute approximate surface area is 251 Å². The molecule has 0 saturated heterocycles. The van der Waals surface area contributed by atoms with Crippen LogP contribution in [0.2, 0.25) is 0 Å². The lowest BCUT2D eigenvalue weighted by molar-refractivity contribution is -0.135. The molecule has 10 heteroatoms. The molecule has 0 saturated carbocycles. The number of H-pyrrole nitrogens is 1. The van der Waals surface area contributed by atoms with Crippen LogP contribution in [0.15, 0.2) is 84.7 Å². The Morgan fingerprint density at radius 3 is 2.74 bits per heavy atom. The third-order valence-corrected chi connectivity index (χ3v) is 8.21. The summed E-state index contributed by atoms with van der Waals surface area (Å²) in [7, 11) is 0. The Bertz CT molecular complexity index is 1560. The van der Waals surface area contributed by atoms with Gasteiger partial charge in [0.2, 0.25) is 5.91 Å². The van der Waals surface area contributed by atoms with E-state index in [1.807, 2.05) is 73.4 Å². The van der Waals surface area contributed by atoms with Crippen molar-refractivity contribution in [3.8, 4) is 0 Å². The molecular weight excluding hydrogens is 542 g/mol. The molecule has 2 aliphatic heterocycles. The van der Waals surface area contributed by atoms with Crippen LogP contribution in [0.1, 0.15) is 49.4 Å². The SMILES string of the molecule is C=C/C1=C(\C=C/C)CCCN(C(=O)N[C@@H]2Cc3ccc4[nH]ncc4c3CN([C@@H](C)c3ccccc3)C2=O)CCNC(=O)N1. The van der Waals surface area contributed by atoms with Crippen molar-refractivity contribution in [2.75, 3.05) is 19.6 Å². The van der Waals surface area contributed by atoms with Crippen molar-refractivity contribution in [3.05, 3.63) is 101 Å². The summed E-state index contributed by atoms with van der Waals surface area (Å²) in [6, 6.07) is 12.2. The van der Waals surface area contributed by atoms with Gasteiger partial charge in [-0.3, -0.25) is 9.89 Å². The van der Waals surface area contributed by atoms with Crippen molar-refractivity contribution in [1.82, 2.24) is 35.9 Å². The van der Waals surface area contributed by atoms with E-state index in [0.29, 0.717) is 44.6 Å². The summed E-state index contributed by atoms with van der Waals surface area (Å²) in [5.74, 6) is -0.137. The minimum Gasteiger partial charge on any atom is -0.336 e. The Hall–Kier alpha value is -4.86. The Morgan fingerprint density at radius 2 is 1.98 bits per heavy atom. The van der Waals surface area contributed by atoms with E-state index < -0.39 is 6.04 Å². The number of fused-ring (bicyclic) bond motifs is 3. The molecule has 224 valence electrons. The van der Waals surface area contributed by atoms with Crippen molar-refractivity contribution in [2.45, 2.75) is 51.7 Å². The van der Waals surface area contributed by atoms with Gasteiger partial charge in [0.25, 0.3) is 0 Å². The fraction of sp³-hybridized carbons (Fsp3) is 0.333. The van der Waals surface area contributed by atoms with E-state index in [4.69, 9.17) is 0 Å². The van der Waals surface area contributed by atoms with Crippen LogP contribution in [0, 0.1) is 0 Å². The van der Waals surface area contributed by atoms with Crippen molar-refractivity contribution in [3.63, 3.8) is 0 Å². The molecule has 2 aliphatic rings. The van der Waals surface area contributed by atoms with E-state index in [0.717, 1.165) is 33.2 Å². The Kier molecular flexibility index (Phi) is 9.24. The van der Waals surface area contributed by atoms with Gasteiger partial charge in [0, 0.05) is 43.7 Å². The summed E-state index contributed by atoms with van der Waals surface area (Å²) in [6.07, 6.45) is 8.98. The largest absolute Gasteiger partial charge is 0.336 e. The minimum atomic E-state index is -0.760. The first-order valence-electron chi connectivity index (χ1n) is 14.8. The molecule has 1 aromatic heterocycles. The van der Waals surface area contributed by atoms with Gasteiger partial charge in [-0.15, -0.1) is 0 Å². The molecule has 3 aromatic rings. The lowest BCUT2D eigenvalue weighted by atomic mass is 9.99. The first-order chi connectivity index (χ1) is 20.9. The number of hydrogen-bond donors (Lipinski definition) is 4. The molecule has 5 amide bonds. The van der Waals surface area contributed by atoms with Crippen LogP contribution in [0.4, 0.5) is 9.59 Å². The first-order valence-corrected chi connectivity index (χ1v) is 14.8. The predicted octanol–water partition coefficient (Wildman–Crippen LogP) is 4.70. The lowest BCUT2D eigenvalue weighted by Gasteiger charge is -2.32. The summed E-state index contributed by atoms with van der Waals surface area (Å²) in [5.41, 5.74) is 5.54. The van der Waals surface area contributed by atoms with Gasteiger partial charge in [-0.25, -0.2) is 9.59 Å². The first kappa shape index (κ1) is 29.6. The number of benzene rings is 2. The van der Waals surface area contributed by atoms with Gasteiger partial charge < -0.3 is 25.8 Å². The monoisotopic (exact) mass is 581 g/mol. The molecule has 2 atom stereocenters. The van der Waals surface area contributed by atoms with Gasteiger partial charge in [-0.2, -0.15) is 5.10 Å². The molecule has 0 aliphatic carbocycles. The number of rotatable bonds is 5. The van der Waals surface area contributed by atoms with E-state index in [1.165, 1.54) is 0 Å². The second-order valence-electron chi connectivity index (χ2n) is 10.9. The highest BCUT2D eigenvalue weighted by atomic mass is 16.2. The number of carbonyl (C=O) groups excluding carboxylic acids is 3. The number of nitrogens with one attached hydrogen (secondary N) is 4. The number of carbonyl (C=O) groups is 3. The molecule has 0 unspecified atom stereocenters. The molecule has 4 N–H and O–H groups in total. The van der Waals surface area contributed by atoms with E-state index in [-0.39, 0.29) is 30.6 Å². The Morgan fingerprint density at radius 1 is 1.16 bits per heavy atom. The van der Waals surface area contributed by atoms with Gasteiger partial charge in [-0.1, -0.05) is 55.1 Å². The highest BCUT2D eigenvalue weighted by Crippen LogP contribution is 2.31. The average Bonchev–Trinajstić information content (AvgIpc) is 3.44. The zero-order valence-electron chi connectivity index (χ0n) is 24.7. The highest BCUT2D eigenvalue weighted by Gasteiger charge is 2.35. The highest BCUT2D eigenvalue weighted by molar-refractivity contribution is 5.90. The molecule has 0 spiro atoms. The minimum absolute atomic E-state index is 0.137. The van der Waals surface area contributed by atoms with Crippen LogP contribution in [-0.4, -0.2) is 63.6 Å². The molecule has 0 radical (unpaired) electrons. The summed E-state index contributed by atoms with van der Waals surface area (Å²) < 4.78 is 0. The molecule has 2 aromatic carbocycles. The van der Waals surface area contributed by atoms with E-state index >= 15 is 0 Å². The molecule has 3 heterocycles. The lowest BCUT2D eigenvalue weighted by Crippen LogP contribution is -2.53. The molecule has 5 rings (SSSR count). The zero-order valence-corrected chi connectivity index (χ0v) is 24.7. The van der Waals surface area contributed by atoms with Gasteiger partial charge in [0.15, 0.2) is 0 Å². The quantitative estimate of drug-likeness (QED) is 0.349. The number of hydrogen-bond acceptors (Lipinski definition) is 4. The number of aromatic nitrogens is 2. The average molecular weight is 582 g/mol. The zero-order chi connectivity index (χ0) is 30.3. The third kappa shape index (κ3) is 6.63. The summed E-state index contributed by atoms with van der Waals surface area (Å²) in [6.45, 7) is 9.21. The van der Waals surface area contributed by atoms with Gasteiger partial charge in [0.05, 0.1) is 17.8 Å². The number of urea groups is 2. The molecule has 10 nitrogen and oxygen atoms in total. The maximum Gasteiger partial charge on any atom is 0.319 e. The number of nitrogens with zero attached hydrogens (tertiary/aromatic N) is 3. The van der Waals surface area contributed by atoms with Crippen LogP contribution in [-0.2, 0) is 17.8 Å². The van der Waals surface area contributed by atoms with Crippen molar-refractivity contribution < 1.29 is 14.4 Å². The maximum absolute atomic E-state index is 14.2. The van der Waals surface area contributed by atoms with Gasteiger partial charge in [0.1, 0.15) is 6.04 Å². The van der Waals surface area contributed by atoms with Gasteiger partial charge >= 0.3 is 12.1 Å². The maximum atomic E-state index is 14.2. The normalized spacial score (nSPS) is 20.9. The topological polar surface area (TPSA) is 122 Å². The van der Waals surface area contributed by atoms with Crippen LogP contribution in [0.25, 0.3) is 10.9 Å². The number of amides is 5. The summed E-state index contributed by atoms with van der Waals surface area (Å²) in [4.78, 5) is 44.0. The molecule has 0 fully saturated rings. The number of aromatic amines is 1. The van der Waals surface area contributed by atoms with Crippen LogP contribution in [0.5, 0.6) is 0 Å². The van der Waals surface area contributed by atoms with E-state index in [9.17, 15) is 14.4 Å². The van der Waals surface area contributed by atoms with Crippen molar-refractivity contribution in [1.29, 1.82) is 0 Å². The summed E-state index contributed by atoms with van der Waals surface area (Å²) >= 11 is 0. The van der Waals surface area contributed by atoms with Crippen LogP contribution < -0.4 is 16.0 Å². The van der Waals surface area contributed by atoms with Crippen LogP contribution >= 0.6 is 0 Å². The molecule has 43 heavy (non-hydrogen) atoms. The fourth-order valence-electron chi connectivity index (χ4n) is 5.86. The predicted molar refractivity (Wildman–Crippen MR) is 167 cm³/mol. The van der Waals surface area contributed by atoms with Crippen molar-refractivity contribution >= 4 is 28.9 Å². The van der Waals surface area contributed by atoms with Crippen LogP contribution in [0.3, 0.4) is 0 Å². The second kappa shape index (κ2) is 13.4. The van der Waals surface area contributed by atoms with Gasteiger partial charge in [-0.05, 0) is 61.1 Å². The smallest absolute Gasteiger partial charge is 0.319 e.